The maximum Gasteiger partial charge on any atom is 0.314 e. The number of carbonyl (C=O) groups excluding carboxylic acids is 4. The molecule has 100 heavy (non-hydrogen) atoms. The fourth-order valence-corrected chi connectivity index (χ4v) is 14.2. The molecule has 0 spiro atoms. The molecule has 4 heterocycles. The molecular formula is C76H104Cl4I2N2O16. The molecule has 4 saturated heterocycles. The van der Waals surface area contributed by atoms with Crippen molar-refractivity contribution in [3.05, 3.63) is 160 Å². The van der Waals surface area contributed by atoms with Crippen molar-refractivity contribution >= 4 is 118 Å². The SMILES string of the molecule is CCOC(=O)C[C@@H](C)c1cc(Cl)cc(C2(COC)CCOCC2)c1.CCOC(=O)C[C@H](C)c1cc(Cl)cc(C2(COC)CCOCC2)c1.I.I.[C-]#[N+][C@@H](CC(=O)OCC)c1cc(Cl)cc(C2(COC)CCOCC2)c1.[C-]#[N+][C@H](CC(=O)OCC)c1cc(Cl)cc(C2(COC)CCOCC2)c1. The number of rotatable bonds is 28. The summed E-state index contributed by atoms with van der Waals surface area (Å²) >= 11 is 25.4. The van der Waals surface area contributed by atoms with Gasteiger partial charge in [0.15, 0.2) is 0 Å². The van der Waals surface area contributed by atoms with Crippen molar-refractivity contribution in [2.75, 3.05) is 134 Å². The predicted molar refractivity (Wildman–Crippen MR) is 412 cm³/mol. The van der Waals surface area contributed by atoms with Crippen LogP contribution in [0.25, 0.3) is 9.69 Å². The quantitative estimate of drug-likeness (QED) is 0.0226. The number of hydrogen-bond donors (Lipinski definition) is 0. The molecule has 0 unspecified atom stereocenters. The highest BCUT2D eigenvalue weighted by atomic mass is 127. The van der Waals surface area contributed by atoms with E-state index in [1.807, 2.05) is 76.2 Å². The summed E-state index contributed by atoms with van der Waals surface area (Å²) < 4.78 is 64.1. The summed E-state index contributed by atoms with van der Waals surface area (Å²) in [4.78, 5) is 54.3. The molecule has 4 aromatic rings. The molecule has 0 bridgehead atoms. The average molecular weight is 1700 g/mol. The van der Waals surface area contributed by atoms with E-state index in [0.29, 0.717) is 112 Å². The molecule has 4 aliphatic rings. The van der Waals surface area contributed by atoms with Crippen molar-refractivity contribution in [2.45, 2.75) is 164 Å². The second kappa shape index (κ2) is 46.8. The molecule has 24 heteroatoms. The highest BCUT2D eigenvalue weighted by Crippen LogP contribution is 2.43. The van der Waals surface area contributed by atoms with E-state index >= 15 is 0 Å². The number of benzene rings is 4. The van der Waals surface area contributed by atoms with Crippen molar-refractivity contribution in [1.82, 2.24) is 0 Å². The standard InChI is InChI=1S/2C19H24ClNO4.2C19H27ClO4.2HI/c2*1-4-25-18(22)12-17(21-2)14-9-15(11-16(20)10-14)19(13-23-3)5-7-24-8-6-19;2*1-4-24-18(21)9-14(2)15-10-16(12-17(20)11-15)19(13-22-3)5-7-23-8-6-19;;/h2*9-11,17H,4-8,12-13H2,1,3H3;2*10-12,14H,4-9,13H2,1-3H3;2*1H/t2*17-;2*14-;;/m1010../s1. The van der Waals surface area contributed by atoms with Gasteiger partial charge >= 0.3 is 23.9 Å². The first kappa shape index (κ1) is 90.3. The molecule has 4 atom stereocenters. The number of carbonyl (C=O) groups is 4. The van der Waals surface area contributed by atoms with Gasteiger partial charge in [-0.25, -0.2) is 13.1 Å². The number of ether oxygens (including phenoxy) is 12. The molecule has 4 aliphatic heterocycles. The normalized spacial score (nSPS) is 17.5. The van der Waals surface area contributed by atoms with E-state index in [1.165, 1.54) is 11.1 Å². The first-order chi connectivity index (χ1) is 47.1. The van der Waals surface area contributed by atoms with Gasteiger partial charge in [-0.05, 0) is 185 Å². The van der Waals surface area contributed by atoms with E-state index in [0.717, 1.165) is 111 Å². The third kappa shape index (κ3) is 27.5. The van der Waals surface area contributed by atoms with Crippen LogP contribution in [0.2, 0.25) is 20.1 Å². The molecular weight excluding hydrogens is 1590 g/mol. The van der Waals surface area contributed by atoms with Crippen LogP contribution in [0.4, 0.5) is 0 Å². The van der Waals surface area contributed by atoms with E-state index in [2.05, 4.69) is 21.8 Å². The lowest BCUT2D eigenvalue weighted by atomic mass is 9.74. The predicted octanol–water partition coefficient (Wildman–Crippen LogP) is 17.3. The molecule has 0 aliphatic carbocycles. The van der Waals surface area contributed by atoms with Gasteiger partial charge in [0.05, 0.1) is 65.7 Å². The third-order valence-electron chi connectivity index (χ3n) is 18.7. The summed E-state index contributed by atoms with van der Waals surface area (Å²) in [6, 6.07) is 22.4. The zero-order valence-electron chi connectivity index (χ0n) is 59.8. The van der Waals surface area contributed by atoms with E-state index in [4.69, 9.17) is 116 Å². The first-order valence-electron chi connectivity index (χ1n) is 34.0. The summed E-state index contributed by atoms with van der Waals surface area (Å²) in [6.07, 6.45) is 7.74. The first-order valence-corrected chi connectivity index (χ1v) is 35.5. The second-order valence-electron chi connectivity index (χ2n) is 25.5. The van der Waals surface area contributed by atoms with Gasteiger partial charge in [-0.3, -0.25) is 19.2 Å². The van der Waals surface area contributed by atoms with Crippen molar-refractivity contribution in [3.63, 3.8) is 0 Å². The molecule has 4 fully saturated rings. The topological polar surface area (TPSA) is 188 Å². The minimum Gasteiger partial charge on any atom is -0.466 e. The molecule has 0 N–H and O–H groups in total. The van der Waals surface area contributed by atoms with Gasteiger partial charge in [0, 0.05) is 134 Å². The number of nitrogens with zero attached hydrogens (tertiary/aromatic N) is 2. The van der Waals surface area contributed by atoms with Crippen molar-refractivity contribution in [2.24, 2.45) is 0 Å². The van der Waals surface area contributed by atoms with Gasteiger partial charge in [-0.15, -0.1) is 48.0 Å². The molecule has 0 saturated carbocycles. The van der Waals surface area contributed by atoms with Gasteiger partial charge in [-0.1, -0.05) is 72.4 Å². The summed E-state index contributed by atoms with van der Waals surface area (Å²) in [7, 11) is 6.83. The Hall–Kier alpha value is -3.96. The lowest BCUT2D eigenvalue weighted by Crippen LogP contribution is -2.38. The summed E-state index contributed by atoms with van der Waals surface area (Å²) in [5.74, 6) is -0.986. The van der Waals surface area contributed by atoms with Crippen LogP contribution < -0.4 is 0 Å². The van der Waals surface area contributed by atoms with Crippen LogP contribution in [-0.2, 0) is 97.7 Å². The number of methoxy groups -OCH3 is 4. The van der Waals surface area contributed by atoms with E-state index in [9.17, 15) is 19.2 Å². The van der Waals surface area contributed by atoms with Crippen LogP contribution in [0.5, 0.6) is 0 Å². The summed E-state index contributed by atoms with van der Waals surface area (Å²) in [5.41, 5.74) is 7.53. The van der Waals surface area contributed by atoms with Crippen LogP contribution in [0.3, 0.4) is 0 Å². The number of halogens is 6. The molecule has 556 valence electrons. The molecule has 0 aromatic heterocycles. The minimum absolute atomic E-state index is 0. The zero-order valence-corrected chi connectivity index (χ0v) is 67.5. The van der Waals surface area contributed by atoms with Crippen LogP contribution in [0.15, 0.2) is 72.8 Å². The highest BCUT2D eigenvalue weighted by Gasteiger charge is 2.40. The Morgan fingerprint density at radius 1 is 0.380 bits per heavy atom. The number of esters is 4. The minimum atomic E-state index is -0.601. The fraction of sp³-hybridized carbons (Fsp3) is 0.605. The van der Waals surface area contributed by atoms with Gasteiger partial charge < -0.3 is 66.5 Å². The Morgan fingerprint density at radius 3 is 0.800 bits per heavy atom. The van der Waals surface area contributed by atoms with Crippen LogP contribution in [-0.4, -0.2) is 158 Å². The fourth-order valence-electron chi connectivity index (χ4n) is 13.3. The van der Waals surface area contributed by atoms with E-state index in [-0.39, 0.29) is 118 Å². The highest BCUT2D eigenvalue weighted by molar-refractivity contribution is 14.0. The number of hydrogen-bond acceptors (Lipinski definition) is 16. The lowest BCUT2D eigenvalue weighted by Gasteiger charge is -2.37. The van der Waals surface area contributed by atoms with E-state index in [1.54, 1.807) is 54.4 Å². The van der Waals surface area contributed by atoms with Crippen molar-refractivity contribution in [1.29, 1.82) is 0 Å². The van der Waals surface area contributed by atoms with Gasteiger partial charge in [0.25, 0.3) is 12.1 Å². The smallest absolute Gasteiger partial charge is 0.314 e. The Bertz CT molecular complexity index is 3000. The Labute approximate surface area is 647 Å². The average Bonchev–Trinajstić information content (AvgIpc) is 0.811. The summed E-state index contributed by atoms with van der Waals surface area (Å²) in [6.45, 7) is 35.5. The monoisotopic (exact) mass is 1690 g/mol. The van der Waals surface area contributed by atoms with E-state index < -0.39 is 12.1 Å². The van der Waals surface area contributed by atoms with Crippen molar-refractivity contribution in [3.8, 4) is 0 Å². The molecule has 0 amide bonds. The third-order valence-corrected chi connectivity index (χ3v) is 19.6. The van der Waals surface area contributed by atoms with Crippen molar-refractivity contribution < 1.29 is 76.0 Å². The largest absolute Gasteiger partial charge is 0.466 e. The molecule has 0 radical (unpaired) electrons. The maximum absolute atomic E-state index is 11.8. The molecule has 8 rings (SSSR count). The Kier molecular flexibility index (Phi) is 42.2. The Balaban J connectivity index is 0.000000345. The van der Waals surface area contributed by atoms with Gasteiger partial charge in [0.1, 0.15) is 12.8 Å². The van der Waals surface area contributed by atoms with Gasteiger partial charge in [0.2, 0.25) is 0 Å². The second-order valence-corrected chi connectivity index (χ2v) is 27.3. The van der Waals surface area contributed by atoms with Crippen LogP contribution >= 0.6 is 94.4 Å². The Morgan fingerprint density at radius 2 is 0.590 bits per heavy atom. The zero-order chi connectivity index (χ0) is 71.7. The molecule has 18 nitrogen and oxygen atoms in total. The summed E-state index contributed by atoms with van der Waals surface area (Å²) in [5, 5.41) is 2.51. The van der Waals surface area contributed by atoms with Gasteiger partial charge in [-0.2, -0.15) is 0 Å². The van der Waals surface area contributed by atoms with Crippen LogP contribution in [0.1, 0.15) is 187 Å². The lowest BCUT2D eigenvalue weighted by molar-refractivity contribution is -0.144. The van der Waals surface area contributed by atoms with Crippen LogP contribution in [0, 0.1) is 13.1 Å². The maximum atomic E-state index is 11.8. The molecule has 4 aromatic carbocycles.